The van der Waals surface area contributed by atoms with Crippen molar-refractivity contribution in [1.29, 1.82) is 0 Å². The van der Waals surface area contributed by atoms with E-state index in [1.54, 1.807) is 17.1 Å². The molecule has 0 radical (unpaired) electrons. The largest absolute Gasteiger partial charge is 0.378 e. The summed E-state index contributed by atoms with van der Waals surface area (Å²) in [4.78, 5) is 25.9. The first kappa shape index (κ1) is 13.8. The zero-order valence-corrected chi connectivity index (χ0v) is 11.7. The summed E-state index contributed by atoms with van der Waals surface area (Å²) >= 11 is 0. The van der Waals surface area contributed by atoms with Gasteiger partial charge in [-0.25, -0.2) is 0 Å². The Morgan fingerprint density at radius 3 is 2.86 bits per heavy atom. The second kappa shape index (κ2) is 6.10. The Labute approximate surface area is 123 Å². The molecule has 1 aromatic carbocycles. The van der Waals surface area contributed by atoms with Crippen LogP contribution in [-0.2, 0) is 14.3 Å². The zero-order valence-electron chi connectivity index (χ0n) is 11.7. The lowest BCUT2D eigenvalue weighted by Crippen LogP contribution is -2.43. The van der Waals surface area contributed by atoms with E-state index in [0.717, 1.165) is 5.56 Å². The topological polar surface area (TPSA) is 58.6 Å². The molecule has 5 heteroatoms. The summed E-state index contributed by atoms with van der Waals surface area (Å²) in [5.41, 5.74) is 0.985. The van der Waals surface area contributed by atoms with Crippen molar-refractivity contribution in [2.24, 2.45) is 5.92 Å². The van der Waals surface area contributed by atoms with Crippen LogP contribution < -0.4 is 5.32 Å². The molecule has 2 atom stereocenters. The van der Waals surface area contributed by atoms with Crippen LogP contribution in [0.5, 0.6) is 0 Å². The number of ether oxygens (including phenoxy) is 1. The summed E-state index contributed by atoms with van der Waals surface area (Å²) in [5.74, 6) is -0.348. The molecule has 2 saturated heterocycles. The van der Waals surface area contributed by atoms with Crippen LogP contribution in [0.1, 0.15) is 5.56 Å². The lowest BCUT2D eigenvalue weighted by atomic mass is 10.1. The van der Waals surface area contributed by atoms with Crippen LogP contribution in [-0.4, -0.2) is 49.1 Å². The third-order valence-electron chi connectivity index (χ3n) is 3.77. The minimum absolute atomic E-state index is 0.0140. The van der Waals surface area contributed by atoms with Gasteiger partial charge < -0.3 is 15.0 Å². The van der Waals surface area contributed by atoms with E-state index in [9.17, 15) is 9.59 Å². The van der Waals surface area contributed by atoms with E-state index in [-0.39, 0.29) is 23.8 Å². The summed E-state index contributed by atoms with van der Waals surface area (Å²) in [5, 5.41) is 2.92. The van der Waals surface area contributed by atoms with Gasteiger partial charge >= 0.3 is 0 Å². The SMILES string of the molecule is O=C1N[C@@H]2COC[C@H]1CN(C(=O)/C=C/c1ccccc1)C2. The van der Waals surface area contributed by atoms with Gasteiger partial charge in [0, 0.05) is 19.2 Å². The fraction of sp³-hybridized carbons (Fsp3) is 0.375. The normalized spacial score (nSPS) is 25.5. The van der Waals surface area contributed by atoms with E-state index in [4.69, 9.17) is 4.74 Å². The van der Waals surface area contributed by atoms with E-state index >= 15 is 0 Å². The minimum Gasteiger partial charge on any atom is -0.378 e. The summed E-state index contributed by atoms with van der Waals surface area (Å²) in [6, 6.07) is 9.58. The molecule has 2 aliphatic heterocycles. The molecule has 2 amide bonds. The average molecular weight is 286 g/mol. The number of hydrogen-bond donors (Lipinski definition) is 1. The molecule has 0 unspecified atom stereocenters. The Balaban J connectivity index is 1.70. The molecular formula is C16H18N2O3. The summed E-state index contributed by atoms with van der Waals surface area (Å²) < 4.78 is 5.45. The first-order valence-corrected chi connectivity index (χ1v) is 7.12. The van der Waals surface area contributed by atoms with Crippen LogP contribution in [0, 0.1) is 5.92 Å². The highest BCUT2D eigenvalue weighted by Gasteiger charge is 2.34. The Bertz CT molecular complexity index is 556. The number of benzene rings is 1. The molecule has 21 heavy (non-hydrogen) atoms. The van der Waals surface area contributed by atoms with Crippen molar-refractivity contribution in [2.75, 3.05) is 26.3 Å². The van der Waals surface area contributed by atoms with Gasteiger partial charge in [0.25, 0.3) is 0 Å². The van der Waals surface area contributed by atoms with Crippen molar-refractivity contribution in [1.82, 2.24) is 10.2 Å². The van der Waals surface area contributed by atoms with E-state index in [1.807, 2.05) is 30.3 Å². The molecule has 5 nitrogen and oxygen atoms in total. The molecule has 2 fully saturated rings. The van der Waals surface area contributed by atoms with Gasteiger partial charge in [-0.2, -0.15) is 0 Å². The monoisotopic (exact) mass is 286 g/mol. The van der Waals surface area contributed by atoms with Crippen molar-refractivity contribution in [3.8, 4) is 0 Å². The quantitative estimate of drug-likeness (QED) is 0.813. The maximum Gasteiger partial charge on any atom is 0.246 e. The van der Waals surface area contributed by atoms with Gasteiger partial charge in [-0.05, 0) is 11.6 Å². The van der Waals surface area contributed by atoms with Crippen LogP contribution in [0.4, 0.5) is 0 Å². The van der Waals surface area contributed by atoms with Gasteiger partial charge in [-0.3, -0.25) is 9.59 Å². The molecular weight excluding hydrogens is 268 g/mol. The number of nitrogens with one attached hydrogen (secondary N) is 1. The zero-order chi connectivity index (χ0) is 14.7. The smallest absolute Gasteiger partial charge is 0.246 e. The van der Waals surface area contributed by atoms with Crippen LogP contribution in [0.2, 0.25) is 0 Å². The molecule has 1 N–H and O–H groups in total. The van der Waals surface area contributed by atoms with Crippen LogP contribution >= 0.6 is 0 Å². The van der Waals surface area contributed by atoms with Gasteiger partial charge in [-0.1, -0.05) is 30.3 Å². The molecule has 2 heterocycles. The first-order chi connectivity index (χ1) is 10.2. The number of carbonyl (C=O) groups is 2. The van der Waals surface area contributed by atoms with Gasteiger partial charge in [-0.15, -0.1) is 0 Å². The number of carbonyl (C=O) groups excluding carboxylic acids is 2. The fourth-order valence-electron chi connectivity index (χ4n) is 2.65. The molecule has 2 aliphatic rings. The molecule has 0 aromatic heterocycles. The molecule has 0 spiro atoms. The number of nitrogens with zero attached hydrogens (tertiary/aromatic N) is 1. The van der Waals surface area contributed by atoms with E-state index in [1.165, 1.54) is 0 Å². The predicted molar refractivity (Wildman–Crippen MR) is 78.3 cm³/mol. The first-order valence-electron chi connectivity index (χ1n) is 7.12. The van der Waals surface area contributed by atoms with Crippen LogP contribution in [0.15, 0.2) is 36.4 Å². The second-order valence-corrected chi connectivity index (χ2v) is 5.43. The number of fused-ring (bicyclic) bond motifs is 3. The predicted octanol–water partition coefficient (Wildman–Crippen LogP) is 0.673. The number of amides is 2. The summed E-state index contributed by atoms with van der Waals surface area (Å²) in [7, 11) is 0. The van der Waals surface area contributed by atoms with Crippen molar-refractivity contribution in [2.45, 2.75) is 6.04 Å². The fourth-order valence-corrected chi connectivity index (χ4v) is 2.65. The Kier molecular flexibility index (Phi) is 4.01. The van der Waals surface area contributed by atoms with Crippen molar-refractivity contribution in [3.63, 3.8) is 0 Å². The molecule has 110 valence electrons. The van der Waals surface area contributed by atoms with Gasteiger partial charge in [0.15, 0.2) is 0 Å². The lowest BCUT2D eigenvalue weighted by Gasteiger charge is -2.26. The van der Waals surface area contributed by atoms with Crippen LogP contribution in [0.25, 0.3) is 6.08 Å². The van der Waals surface area contributed by atoms with Gasteiger partial charge in [0.1, 0.15) is 0 Å². The van der Waals surface area contributed by atoms with Crippen molar-refractivity contribution < 1.29 is 14.3 Å². The Hall–Kier alpha value is -2.14. The molecule has 3 rings (SSSR count). The molecule has 2 bridgehead atoms. The highest BCUT2D eigenvalue weighted by Crippen LogP contribution is 2.14. The summed E-state index contributed by atoms with van der Waals surface area (Å²) in [6.45, 7) is 1.77. The third kappa shape index (κ3) is 3.31. The Morgan fingerprint density at radius 1 is 1.24 bits per heavy atom. The lowest BCUT2D eigenvalue weighted by molar-refractivity contribution is -0.129. The minimum atomic E-state index is -0.272. The van der Waals surface area contributed by atoms with E-state index in [2.05, 4.69) is 5.32 Å². The average Bonchev–Trinajstić information content (AvgIpc) is 2.74. The summed E-state index contributed by atoms with van der Waals surface area (Å²) in [6.07, 6.45) is 3.37. The number of hydrogen-bond acceptors (Lipinski definition) is 3. The highest BCUT2D eigenvalue weighted by atomic mass is 16.5. The Morgan fingerprint density at radius 2 is 2.05 bits per heavy atom. The van der Waals surface area contributed by atoms with Gasteiger partial charge in [0.05, 0.1) is 25.2 Å². The van der Waals surface area contributed by atoms with E-state index < -0.39 is 0 Å². The highest BCUT2D eigenvalue weighted by molar-refractivity contribution is 5.92. The third-order valence-corrected chi connectivity index (χ3v) is 3.77. The molecule has 0 aliphatic carbocycles. The second-order valence-electron chi connectivity index (χ2n) is 5.43. The van der Waals surface area contributed by atoms with Gasteiger partial charge in [0.2, 0.25) is 11.8 Å². The maximum atomic E-state index is 12.3. The number of rotatable bonds is 2. The van der Waals surface area contributed by atoms with Crippen molar-refractivity contribution >= 4 is 17.9 Å². The molecule has 1 aromatic rings. The van der Waals surface area contributed by atoms with Crippen LogP contribution in [0.3, 0.4) is 0 Å². The van der Waals surface area contributed by atoms with E-state index in [0.29, 0.717) is 26.3 Å². The van der Waals surface area contributed by atoms with Crippen molar-refractivity contribution in [3.05, 3.63) is 42.0 Å². The maximum absolute atomic E-state index is 12.3. The standard InChI is InChI=1S/C16H18N2O3/c19-15(7-6-12-4-2-1-3-5-12)18-8-13-10-21-11-14(9-18)17-16(13)20/h1-7,13-14H,8-11H2,(H,17,20)/b7-6+/t13-,14+/m1/s1. The molecule has 0 saturated carbocycles.